The SMILES string of the molecule is C[C@@H]1CN(Cc2nc3sc4c(c3c(=O)[nH]2)CCCC4)C[C@@H](C)O1. The lowest BCUT2D eigenvalue weighted by molar-refractivity contribution is -0.0710. The van der Waals surface area contributed by atoms with Crippen LogP contribution in [-0.4, -0.2) is 40.2 Å². The van der Waals surface area contributed by atoms with Crippen molar-refractivity contribution in [2.45, 2.75) is 58.3 Å². The molecule has 0 aromatic carbocycles. The highest BCUT2D eigenvalue weighted by molar-refractivity contribution is 7.18. The second kappa shape index (κ2) is 6.00. The molecule has 4 rings (SSSR count). The van der Waals surface area contributed by atoms with Crippen LogP contribution in [0.5, 0.6) is 0 Å². The molecule has 2 atom stereocenters. The van der Waals surface area contributed by atoms with Crippen LogP contribution in [0.1, 0.15) is 43.0 Å². The Morgan fingerprint density at radius 2 is 2.00 bits per heavy atom. The van der Waals surface area contributed by atoms with Gasteiger partial charge in [0.05, 0.1) is 24.1 Å². The zero-order valence-electron chi connectivity index (χ0n) is 13.7. The number of fused-ring (bicyclic) bond motifs is 3. The fourth-order valence-corrected chi connectivity index (χ4v) is 5.19. The highest BCUT2D eigenvalue weighted by atomic mass is 32.1. The Kier molecular flexibility index (Phi) is 3.99. The molecule has 0 unspecified atom stereocenters. The number of hydrogen-bond donors (Lipinski definition) is 1. The van der Waals surface area contributed by atoms with Gasteiger partial charge in [-0.15, -0.1) is 11.3 Å². The van der Waals surface area contributed by atoms with Crippen LogP contribution in [0.25, 0.3) is 10.2 Å². The number of rotatable bonds is 2. The maximum atomic E-state index is 12.6. The average Bonchev–Trinajstić information content (AvgIpc) is 2.84. The first-order valence-corrected chi connectivity index (χ1v) is 9.33. The number of aromatic amines is 1. The predicted molar refractivity (Wildman–Crippen MR) is 92.2 cm³/mol. The van der Waals surface area contributed by atoms with Gasteiger partial charge in [0.25, 0.3) is 5.56 Å². The standard InChI is InChI=1S/C17H23N3O2S/c1-10-7-20(8-11(2)22-10)9-14-18-16(21)15-12-5-3-4-6-13(12)23-17(15)19-14/h10-11H,3-9H2,1-2H3,(H,18,19,21)/t10-,11-/m1/s1. The number of morpholine rings is 1. The summed E-state index contributed by atoms with van der Waals surface area (Å²) in [6, 6.07) is 0. The Labute approximate surface area is 139 Å². The Morgan fingerprint density at radius 1 is 1.26 bits per heavy atom. The topological polar surface area (TPSA) is 58.2 Å². The monoisotopic (exact) mass is 333 g/mol. The fourth-order valence-electron chi connectivity index (χ4n) is 3.91. The van der Waals surface area contributed by atoms with Gasteiger partial charge in [-0.2, -0.15) is 0 Å². The minimum Gasteiger partial charge on any atom is -0.373 e. The third kappa shape index (κ3) is 2.95. The summed E-state index contributed by atoms with van der Waals surface area (Å²) in [6.07, 6.45) is 4.99. The van der Waals surface area contributed by atoms with Crippen LogP contribution in [0.2, 0.25) is 0 Å². The molecule has 1 N–H and O–H groups in total. The normalized spacial score (nSPS) is 25.7. The molecule has 5 nitrogen and oxygen atoms in total. The largest absolute Gasteiger partial charge is 0.373 e. The third-order valence-corrected chi connectivity index (χ3v) is 5.93. The van der Waals surface area contributed by atoms with Crippen LogP contribution in [0.15, 0.2) is 4.79 Å². The molecule has 124 valence electrons. The molecular weight excluding hydrogens is 310 g/mol. The molecule has 23 heavy (non-hydrogen) atoms. The van der Waals surface area contributed by atoms with Crippen LogP contribution in [0.3, 0.4) is 0 Å². The minimum atomic E-state index is 0.0405. The lowest BCUT2D eigenvalue weighted by Gasteiger charge is -2.34. The Morgan fingerprint density at radius 3 is 2.78 bits per heavy atom. The summed E-state index contributed by atoms with van der Waals surface area (Å²) in [5.74, 6) is 0.780. The van der Waals surface area contributed by atoms with E-state index in [-0.39, 0.29) is 17.8 Å². The first-order valence-electron chi connectivity index (χ1n) is 8.51. The van der Waals surface area contributed by atoms with Crippen LogP contribution >= 0.6 is 11.3 Å². The Hall–Kier alpha value is -1.24. The average molecular weight is 333 g/mol. The number of ether oxygens (including phenoxy) is 1. The third-order valence-electron chi connectivity index (χ3n) is 4.74. The van der Waals surface area contributed by atoms with Crippen LogP contribution in [-0.2, 0) is 24.1 Å². The van der Waals surface area contributed by atoms with E-state index in [2.05, 4.69) is 23.7 Å². The molecular formula is C17H23N3O2S. The first kappa shape index (κ1) is 15.3. The number of thiophene rings is 1. The van der Waals surface area contributed by atoms with E-state index < -0.39 is 0 Å². The van der Waals surface area contributed by atoms with Gasteiger partial charge in [-0.3, -0.25) is 9.69 Å². The maximum absolute atomic E-state index is 12.6. The molecule has 2 aliphatic rings. The molecule has 0 spiro atoms. The van der Waals surface area contributed by atoms with Gasteiger partial charge in [-0.05, 0) is 45.1 Å². The molecule has 1 fully saturated rings. The highest BCUT2D eigenvalue weighted by Crippen LogP contribution is 2.33. The summed E-state index contributed by atoms with van der Waals surface area (Å²) in [4.78, 5) is 25.0. The lowest BCUT2D eigenvalue weighted by atomic mass is 9.97. The van der Waals surface area contributed by atoms with Crippen molar-refractivity contribution in [3.05, 3.63) is 26.6 Å². The van der Waals surface area contributed by atoms with Gasteiger partial charge in [-0.1, -0.05) is 0 Å². The molecule has 0 bridgehead atoms. The minimum absolute atomic E-state index is 0.0405. The Bertz CT molecular complexity index is 772. The number of H-pyrrole nitrogens is 1. The van der Waals surface area contributed by atoms with Crippen LogP contribution < -0.4 is 5.56 Å². The molecule has 0 saturated carbocycles. The number of aryl methyl sites for hydroxylation is 2. The van der Waals surface area contributed by atoms with Crippen molar-refractivity contribution in [1.82, 2.24) is 14.9 Å². The molecule has 1 aliphatic heterocycles. The smallest absolute Gasteiger partial charge is 0.259 e. The molecule has 0 amide bonds. The molecule has 2 aromatic heterocycles. The zero-order chi connectivity index (χ0) is 16.0. The van der Waals surface area contributed by atoms with E-state index in [9.17, 15) is 4.79 Å². The predicted octanol–water partition coefficient (Wildman–Crippen LogP) is 2.47. The first-order chi connectivity index (χ1) is 11.1. The fraction of sp³-hybridized carbons (Fsp3) is 0.647. The van der Waals surface area contributed by atoms with E-state index in [1.54, 1.807) is 11.3 Å². The van der Waals surface area contributed by atoms with Crippen molar-refractivity contribution in [2.75, 3.05) is 13.1 Å². The van der Waals surface area contributed by atoms with Gasteiger partial charge in [0.15, 0.2) is 0 Å². The van der Waals surface area contributed by atoms with Gasteiger partial charge < -0.3 is 9.72 Å². The van der Waals surface area contributed by atoms with Gasteiger partial charge in [-0.25, -0.2) is 4.98 Å². The second-order valence-corrected chi connectivity index (χ2v) is 7.94. The van der Waals surface area contributed by atoms with Gasteiger partial charge >= 0.3 is 0 Å². The van der Waals surface area contributed by atoms with Crippen molar-refractivity contribution in [3.63, 3.8) is 0 Å². The van der Waals surface area contributed by atoms with Gasteiger partial charge in [0, 0.05) is 18.0 Å². The number of hydrogen-bond acceptors (Lipinski definition) is 5. The van der Waals surface area contributed by atoms with E-state index >= 15 is 0 Å². The zero-order valence-corrected chi connectivity index (χ0v) is 14.5. The van der Waals surface area contributed by atoms with E-state index in [1.807, 2.05) is 0 Å². The van der Waals surface area contributed by atoms with Gasteiger partial charge in [0.1, 0.15) is 10.7 Å². The van der Waals surface area contributed by atoms with Gasteiger partial charge in [0.2, 0.25) is 0 Å². The highest BCUT2D eigenvalue weighted by Gasteiger charge is 2.24. The summed E-state index contributed by atoms with van der Waals surface area (Å²) in [7, 11) is 0. The van der Waals surface area contributed by atoms with Crippen LogP contribution in [0.4, 0.5) is 0 Å². The van der Waals surface area contributed by atoms with Crippen molar-refractivity contribution >= 4 is 21.6 Å². The Balaban J connectivity index is 1.65. The molecule has 2 aromatic rings. The molecule has 1 saturated heterocycles. The summed E-state index contributed by atoms with van der Waals surface area (Å²) in [6.45, 7) is 6.64. The van der Waals surface area contributed by atoms with Crippen molar-refractivity contribution in [1.29, 1.82) is 0 Å². The molecule has 1 aliphatic carbocycles. The number of nitrogens with one attached hydrogen (secondary N) is 1. The number of aromatic nitrogens is 2. The summed E-state index contributed by atoms with van der Waals surface area (Å²) in [5.41, 5.74) is 1.30. The molecule has 3 heterocycles. The van der Waals surface area contributed by atoms with E-state index in [0.29, 0.717) is 6.54 Å². The maximum Gasteiger partial charge on any atom is 0.259 e. The van der Waals surface area contributed by atoms with Crippen molar-refractivity contribution in [3.8, 4) is 0 Å². The van der Waals surface area contributed by atoms with E-state index in [4.69, 9.17) is 9.72 Å². The summed E-state index contributed by atoms with van der Waals surface area (Å²) in [5, 5.41) is 0.845. The molecule has 6 heteroatoms. The van der Waals surface area contributed by atoms with Crippen LogP contribution in [0, 0.1) is 0 Å². The summed E-state index contributed by atoms with van der Waals surface area (Å²) >= 11 is 1.72. The van der Waals surface area contributed by atoms with E-state index in [0.717, 1.165) is 42.0 Å². The van der Waals surface area contributed by atoms with E-state index in [1.165, 1.54) is 23.3 Å². The second-order valence-electron chi connectivity index (χ2n) is 6.86. The molecule has 0 radical (unpaired) electrons. The lowest BCUT2D eigenvalue weighted by Crippen LogP contribution is -2.45. The van der Waals surface area contributed by atoms with Crippen molar-refractivity contribution in [2.24, 2.45) is 0 Å². The summed E-state index contributed by atoms with van der Waals surface area (Å²) < 4.78 is 5.77. The number of nitrogens with zero attached hydrogens (tertiary/aromatic N) is 2. The van der Waals surface area contributed by atoms with Crippen molar-refractivity contribution < 1.29 is 4.74 Å². The quantitative estimate of drug-likeness (QED) is 0.917.